The van der Waals surface area contributed by atoms with Crippen molar-refractivity contribution < 1.29 is 23.9 Å². The van der Waals surface area contributed by atoms with Crippen LogP contribution < -0.4 is 10.6 Å². The minimum absolute atomic E-state index is 0.0107. The second-order valence-corrected chi connectivity index (χ2v) is 8.43. The van der Waals surface area contributed by atoms with Crippen LogP contribution in [0.1, 0.15) is 57.9 Å². The van der Waals surface area contributed by atoms with E-state index in [0.29, 0.717) is 18.0 Å². The summed E-state index contributed by atoms with van der Waals surface area (Å²) in [5, 5.41) is 5.44. The minimum atomic E-state index is -0.921. The van der Waals surface area contributed by atoms with Crippen molar-refractivity contribution in [2.24, 2.45) is 5.92 Å². The Kier molecular flexibility index (Phi) is 6.43. The molecule has 1 heterocycles. The van der Waals surface area contributed by atoms with E-state index in [1.807, 2.05) is 19.1 Å². The highest BCUT2D eigenvalue weighted by atomic mass is 16.5. The summed E-state index contributed by atoms with van der Waals surface area (Å²) in [5.74, 6) is -1.28. The molecule has 1 spiro atoms. The lowest BCUT2D eigenvalue weighted by molar-refractivity contribution is -0.150. The Morgan fingerprint density at radius 1 is 1.23 bits per heavy atom. The first kappa shape index (κ1) is 21.8. The highest BCUT2D eigenvalue weighted by molar-refractivity contribution is 6.09. The Labute approximate surface area is 176 Å². The predicted octanol–water partition coefficient (Wildman–Crippen LogP) is 2.79. The topological polar surface area (TPSA) is 105 Å². The Morgan fingerprint density at radius 3 is 2.57 bits per heavy atom. The Morgan fingerprint density at radius 2 is 1.93 bits per heavy atom. The van der Waals surface area contributed by atoms with Gasteiger partial charge in [-0.25, -0.2) is 4.79 Å². The van der Waals surface area contributed by atoms with Gasteiger partial charge < -0.3 is 15.4 Å². The number of nitrogens with zero attached hydrogens (tertiary/aromatic N) is 1. The molecule has 8 nitrogen and oxygen atoms in total. The normalized spacial score (nSPS) is 23.6. The molecule has 0 unspecified atom stereocenters. The van der Waals surface area contributed by atoms with E-state index in [-0.39, 0.29) is 11.8 Å². The number of carbonyl (C=O) groups is 4. The number of imide groups is 1. The minimum Gasteiger partial charge on any atom is -0.454 e. The zero-order valence-corrected chi connectivity index (χ0v) is 17.7. The zero-order valence-electron chi connectivity index (χ0n) is 17.7. The van der Waals surface area contributed by atoms with Crippen LogP contribution in [0.5, 0.6) is 0 Å². The molecule has 3 rings (SSSR count). The first-order valence-corrected chi connectivity index (χ1v) is 10.4. The van der Waals surface area contributed by atoms with Crippen molar-refractivity contribution in [3.05, 3.63) is 29.8 Å². The van der Waals surface area contributed by atoms with Gasteiger partial charge >= 0.3 is 12.0 Å². The number of hydrogen-bond donors (Lipinski definition) is 2. The third kappa shape index (κ3) is 4.47. The van der Waals surface area contributed by atoms with Crippen molar-refractivity contribution in [1.29, 1.82) is 0 Å². The van der Waals surface area contributed by atoms with Crippen LogP contribution >= 0.6 is 0 Å². The lowest BCUT2D eigenvalue weighted by atomic mass is 9.73. The summed E-state index contributed by atoms with van der Waals surface area (Å²) in [6, 6.07) is 6.83. The maximum absolute atomic E-state index is 12.8. The van der Waals surface area contributed by atoms with Crippen LogP contribution in [0.2, 0.25) is 0 Å². The van der Waals surface area contributed by atoms with Crippen LogP contribution in [-0.2, 0) is 19.1 Å². The van der Waals surface area contributed by atoms with Gasteiger partial charge in [-0.15, -0.1) is 0 Å². The number of esters is 1. The molecule has 0 aromatic heterocycles. The highest BCUT2D eigenvalue weighted by Gasteiger charge is 2.55. The molecule has 2 fully saturated rings. The lowest BCUT2D eigenvalue weighted by Gasteiger charge is -2.36. The Hall–Kier alpha value is -2.90. The van der Waals surface area contributed by atoms with Crippen LogP contribution in [0.4, 0.5) is 10.5 Å². The van der Waals surface area contributed by atoms with E-state index >= 15 is 0 Å². The number of ether oxygens (including phenoxy) is 1. The van der Waals surface area contributed by atoms with Gasteiger partial charge in [-0.1, -0.05) is 45.7 Å². The van der Waals surface area contributed by atoms with E-state index in [1.165, 1.54) is 0 Å². The maximum atomic E-state index is 12.8. The number of urea groups is 1. The Bertz CT molecular complexity index is 836. The van der Waals surface area contributed by atoms with Gasteiger partial charge in [0, 0.05) is 5.69 Å². The molecular weight excluding hydrogens is 386 g/mol. The number of rotatable bonds is 6. The molecule has 8 heteroatoms. The van der Waals surface area contributed by atoms with E-state index in [1.54, 1.807) is 12.1 Å². The van der Waals surface area contributed by atoms with Gasteiger partial charge in [-0.2, -0.15) is 0 Å². The van der Waals surface area contributed by atoms with E-state index in [0.717, 1.165) is 29.7 Å². The van der Waals surface area contributed by atoms with Crippen molar-refractivity contribution >= 4 is 29.5 Å². The summed E-state index contributed by atoms with van der Waals surface area (Å²) in [6.07, 6.45) is 3.29. The second kappa shape index (κ2) is 8.85. The quantitative estimate of drug-likeness (QED) is 0.549. The third-order valence-electron chi connectivity index (χ3n) is 6.01. The fourth-order valence-electron chi connectivity index (χ4n) is 4.11. The number of hydrogen-bond acceptors (Lipinski definition) is 5. The molecule has 1 aliphatic heterocycles. The van der Waals surface area contributed by atoms with Gasteiger partial charge in [0.15, 0.2) is 6.61 Å². The lowest BCUT2D eigenvalue weighted by Crippen LogP contribution is -2.54. The van der Waals surface area contributed by atoms with Crippen molar-refractivity contribution in [2.75, 3.05) is 18.5 Å². The van der Waals surface area contributed by atoms with Gasteiger partial charge in [-0.3, -0.25) is 19.3 Å². The van der Waals surface area contributed by atoms with Crippen LogP contribution in [0.3, 0.4) is 0 Å². The SMILES string of the molecule is CC(C)c1ccc(NC(=O)COC(=O)CN2C(=O)N[C@]3(CCCC[C@H]3C)C2=O)cc1. The summed E-state index contributed by atoms with van der Waals surface area (Å²) < 4.78 is 4.97. The molecule has 1 aromatic rings. The molecule has 1 saturated carbocycles. The molecule has 2 N–H and O–H groups in total. The number of anilines is 1. The standard InChI is InChI=1S/C22H29N3O5/c1-14(2)16-7-9-17(10-8-16)23-18(26)13-30-19(27)12-25-20(28)22(24-21(25)29)11-5-4-6-15(22)3/h7-10,14-15H,4-6,11-13H2,1-3H3,(H,23,26)(H,24,29)/t15-,22+/m1/s1. The number of carbonyl (C=O) groups excluding carboxylic acids is 4. The molecule has 4 amide bonds. The van der Waals surface area contributed by atoms with Crippen molar-refractivity contribution in [3.63, 3.8) is 0 Å². The molecular formula is C22H29N3O5. The molecule has 1 saturated heterocycles. The smallest absolute Gasteiger partial charge is 0.326 e. The monoisotopic (exact) mass is 415 g/mol. The van der Waals surface area contributed by atoms with Crippen molar-refractivity contribution in [3.8, 4) is 0 Å². The Balaban J connectivity index is 1.50. The largest absolute Gasteiger partial charge is 0.454 e. The van der Waals surface area contributed by atoms with Gasteiger partial charge in [0.25, 0.3) is 11.8 Å². The molecule has 2 aliphatic rings. The average molecular weight is 415 g/mol. The molecule has 2 atom stereocenters. The van der Waals surface area contributed by atoms with Crippen LogP contribution in [0.15, 0.2) is 24.3 Å². The van der Waals surface area contributed by atoms with E-state index in [2.05, 4.69) is 24.5 Å². The maximum Gasteiger partial charge on any atom is 0.326 e. The van der Waals surface area contributed by atoms with Crippen LogP contribution in [0, 0.1) is 5.92 Å². The molecule has 0 bridgehead atoms. The summed E-state index contributed by atoms with van der Waals surface area (Å²) in [4.78, 5) is 50.2. The number of nitrogens with one attached hydrogen (secondary N) is 2. The first-order chi connectivity index (χ1) is 14.2. The predicted molar refractivity (Wildman–Crippen MR) is 111 cm³/mol. The van der Waals surface area contributed by atoms with Gasteiger partial charge in [-0.05, 0) is 42.4 Å². The van der Waals surface area contributed by atoms with Crippen LogP contribution in [0.25, 0.3) is 0 Å². The van der Waals surface area contributed by atoms with E-state index < -0.39 is 36.6 Å². The fourth-order valence-corrected chi connectivity index (χ4v) is 4.11. The summed E-state index contributed by atoms with van der Waals surface area (Å²) >= 11 is 0. The van der Waals surface area contributed by atoms with Crippen molar-refractivity contribution in [2.45, 2.75) is 57.9 Å². The van der Waals surface area contributed by atoms with E-state index in [4.69, 9.17) is 4.74 Å². The first-order valence-electron chi connectivity index (χ1n) is 10.4. The molecule has 30 heavy (non-hydrogen) atoms. The molecule has 1 aliphatic carbocycles. The zero-order chi connectivity index (χ0) is 21.9. The number of amides is 4. The summed E-state index contributed by atoms with van der Waals surface area (Å²) in [7, 11) is 0. The summed E-state index contributed by atoms with van der Waals surface area (Å²) in [5.41, 5.74) is 0.829. The van der Waals surface area contributed by atoms with Gasteiger partial charge in [0.05, 0.1) is 0 Å². The molecule has 0 radical (unpaired) electrons. The van der Waals surface area contributed by atoms with Crippen LogP contribution in [-0.4, -0.2) is 47.4 Å². The third-order valence-corrected chi connectivity index (χ3v) is 6.01. The average Bonchev–Trinajstić information content (AvgIpc) is 2.94. The molecule has 1 aromatic carbocycles. The van der Waals surface area contributed by atoms with Gasteiger partial charge in [0.1, 0.15) is 12.1 Å². The second-order valence-electron chi connectivity index (χ2n) is 8.43. The highest BCUT2D eigenvalue weighted by Crippen LogP contribution is 2.38. The van der Waals surface area contributed by atoms with Crippen molar-refractivity contribution in [1.82, 2.24) is 10.2 Å². The van der Waals surface area contributed by atoms with E-state index in [9.17, 15) is 19.2 Å². The summed E-state index contributed by atoms with van der Waals surface area (Å²) in [6.45, 7) is 5.10. The molecule has 162 valence electrons. The number of benzene rings is 1. The fraction of sp³-hybridized carbons (Fsp3) is 0.545. The van der Waals surface area contributed by atoms with Gasteiger partial charge in [0.2, 0.25) is 0 Å².